The number of hydrogen-bond donors (Lipinski definition) is 8. The highest BCUT2D eigenvalue weighted by Crippen LogP contribution is 2.75. The van der Waals surface area contributed by atoms with E-state index in [1.807, 2.05) is 53.3 Å². The summed E-state index contributed by atoms with van der Waals surface area (Å²) in [5.74, 6) is -3.85. The van der Waals surface area contributed by atoms with E-state index in [2.05, 4.69) is 74.3 Å². The molecule has 107 heavy (non-hydrogen) atoms. The minimum Gasteiger partial charge on any atom is -0.480 e. The molecule has 4 bridgehead atoms. The standard InChI is InChI=1S/C80H102N14O12S/c1-51(2)69(89-65(95)20-7-6-12-34-93-66(96)27-28-67(93)97)72(101)86-62(18-10-11-33-82-74(81)104)71(100)85-56-23-21-53(22-24-56)43-106-76(105)92(57-30-36-90(37-31-57)42-68(98)99)35-14-32-79-45-77(4)44-78(5,46-79)48-80(47-77,49-79)50-94-52(3)59(40-84-94)58-25-26-64(88-70(58)73(102)103)91-38-29-54-15-13-16-55(60(54)41-91)39-83-75-87-61-17-8-9-19-63(61)107-75/h8-9,13,15-17,19,21-28,40,51,57,62,69H,6-7,10-12,14,18,20,29-39,41-50H2,1-5H3,(H,83,87)(H,85,100)(H,86,101)(H,89,95)(H,98,99)(H,102,103)(H3,81,82,104)/t62-,69-,77?,78?,79?,80?/m0/s1. The van der Waals surface area contributed by atoms with Gasteiger partial charge in [-0.05, 0) is 196 Å². The number of primary amides is 1. The van der Waals surface area contributed by atoms with Gasteiger partial charge in [0.05, 0.1) is 23.0 Å². The van der Waals surface area contributed by atoms with Crippen molar-refractivity contribution in [1.82, 2.24) is 50.4 Å². The third kappa shape index (κ3) is 18.8. The molecule has 1 saturated heterocycles. The van der Waals surface area contributed by atoms with Crippen molar-refractivity contribution in [1.29, 1.82) is 0 Å². The summed E-state index contributed by atoms with van der Waals surface area (Å²) in [6.45, 7) is 15.0. The number of urea groups is 1. The second kappa shape index (κ2) is 33.2. The number of unbranched alkanes of at least 4 members (excludes halogenated alkanes) is 3. The third-order valence-corrected chi connectivity index (χ3v) is 23.8. The summed E-state index contributed by atoms with van der Waals surface area (Å²) >= 11 is 1.63. The summed E-state index contributed by atoms with van der Waals surface area (Å²) in [7, 11) is 0. The molecule has 2 unspecified atom stereocenters. The van der Waals surface area contributed by atoms with Crippen LogP contribution in [0.2, 0.25) is 0 Å². The number of imide groups is 1. The highest BCUT2D eigenvalue weighted by Gasteiger charge is 2.65. The number of aromatic carboxylic acids is 1. The van der Waals surface area contributed by atoms with Crippen molar-refractivity contribution in [3.8, 4) is 11.1 Å². The van der Waals surface area contributed by atoms with Crippen molar-refractivity contribution in [2.75, 3.05) is 61.3 Å². The molecule has 27 heteroatoms. The summed E-state index contributed by atoms with van der Waals surface area (Å²) in [4.78, 5) is 133. The number of carboxylic acid groups (broad SMARTS) is 2. The first-order chi connectivity index (χ1) is 51.2. The molecule has 4 saturated carbocycles. The van der Waals surface area contributed by atoms with Crippen LogP contribution in [0.15, 0.2) is 97.2 Å². The van der Waals surface area contributed by atoms with Gasteiger partial charge >= 0.3 is 24.1 Å². The fourth-order valence-corrected chi connectivity index (χ4v) is 20.0. The van der Waals surface area contributed by atoms with Crippen molar-refractivity contribution >= 4 is 91.8 Å². The Morgan fingerprint density at radius 3 is 2.22 bits per heavy atom. The third-order valence-electron chi connectivity index (χ3n) is 22.8. The predicted molar refractivity (Wildman–Crippen MR) is 407 cm³/mol. The van der Waals surface area contributed by atoms with Crippen LogP contribution >= 0.6 is 11.3 Å². The second-order valence-corrected chi connectivity index (χ2v) is 33.0. The van der Waals surface area contributed by atoms with Crippen molar-refractivity contribution in [2.45, 2.75) is 195 Å². The Labute approximate surface area is 628 Å². The van der Waals surface area contributed by atoms with Crippen LogP contribution in [0, 0.1) is 34.5 Å². The quantitative estimate of drug-likeness (QED) is 0.0137. The number of aromatic nitrogens is 4. The predicted octanol–water partition coefficient (Wildman–Crippen LogP) is 11.0. The number of rotatable bonds is 34. The van der Waals surface area contributed by atoms with E-state index in [0.717, 1.165) is 94.9 Å². The molecule has 4 atom stereocenters. The lowest BCUT2D eigenvalue weighted by Gasteiger charge is -2.70. The molecular weight excluding hydrogens is 1380 g/mol. The molecule has 7 aliphatic rings. The molecule has 3 aromatic carbocycles. The largest absolute Gasteiger partial charge is 0.480 e. The van der Waals surface area contributed by atoms with E-state index in [9.17, 15) is 53.4 Å². The Bertz CT molecular complexity index is 4270. The van der Waals surface area contributed by atoms with E-state index in [0.29, 0.717) is 113 Å². The zero-order valence-electron chi connectivity index (χ0n) is 62.1. The number of pyridine rings is 1. The topological polar surface area (TPSA) is 346 Å². The summed E-state index contributed by atoms with van der Waals surface area (Å²) in [5, 5.41) is 41.1. The van der Waals surface area contributed by atoms with Crippen molar-refractivity contribution in [2.24, 2.45) is 33.3 Å². The van der Waals surface area contributed by atoms with Crippen molar-refractivity contribution in [3.63, 3.8) is 0 Å². The molecule has 26 nitrogen and oxygen atoms in total. The van der Waals surface area contributed by atoms with Crippen LogP contribution < -0.4 is 37.2 Å². The molecule has 5 fully saturated rings. The van der Waals surface area contributed by atoms with E-state index < -0.39 is 48.0 Å². The van der Waals surface area contributed by atoms with E-state index in [4.69, 9.17) is 25.5 Å². The van der Waals surface area contributed by atoms with Gasteiger partial charge in [-0.3, -0.25) is 43.2 Å². The average molecular weight is 1480 g/mol. The van der Waals surface area contributed by atoms with Crippen molar-refractivity contribution < 1.29 is 58.1 Å². The van der Waals surface area contributed by atoms with E-state index >= 15 is 0 Å². The first kappa shape index (κ1) is 76.9. The number of thiazole rings is 1. The molecule has 3 aromatic heterocycles. The number of para-hydroxylation sites is 1. The second-order valence-electron chi connectivity index (χ2n) is 32.0. The van der Waals surface area contributed by atoms with Gasteiger partial charge in [-0.25, -0.2) is 24.4 Å². The van der Waals surface area contributed by atoms with Crippen LogP contribution in [0.3, 0.4) is 0 Å². The molecule has 8 amide bonds. The summed E-state index contributed by atoms with van der Waals surface area (Å²) in [6, 6.07) is 22.4. The summed E-state index contributed by atoms with van der Waals surface area (Å²) in [5.41, 5.74) is 13.3. The maximum atomic E-state index is 14.6. The minimum absolute atomic E-state index is 0.00529. The number of nitrogens with two attached hydrogens (primary N) is 1. The van der Waals surface area contributed by atoms with Gasteiger partial charge < -0.3 is 57.1 Å². The Hall–Kier alpha value is -9.76. The van der Waals surface area contributed by atoms with Crippen LogP contribution in [0.4, 0.5) is 26.2 Å². The van der Waals surface area contributed by atoms with Gasteiger partial charge in [-0.2, -0.15) is 5.10 Å². The molecule has 3 aliphatic heterocycles. The number of likely N-dealkylation sites (tertiary alicyclic amines) is 1. The van der Waals surface area contributed by atoms with Gasteiger partial charge in [0.25, 0.3) is 11.8 Å². The number of amides is 8. The number of carboxylic acids is 2. The molecule has 13 rings (SSSR count). The first-order valence-corrected chi connectivity index (χ1v) is 38.7. The number of nitrogens with zero attached hydrogens (tertiary/aromatic N) is 8. The van der Waals surface area contributed by atoms with Crippen LogP contribution in [-0.4, -0.2) is 162 Å². The molecule has 6 aromatic rings. The van der Waals surface area contributed by atoms with Gasteiger partial charge in [-0.15, -0.1) is 0 Å². The van der Waals surface area contributed by atoms with Gasteiger partial charge in [0.15, 0.2) is 10.8 Å². The molecule has 9 N–H and O–H groups in total. The fraction of sp³-hybridized carbons (Fsp3) is 0.525. The summed E-state index contributed by atoms with van der Waals surface area (Å²) in [6.07, 6.45) is 16.6. The van der Waals surface area contributed by atoms with Gasteiger partial charge in [-0.1, -0.05) is 87.9 Å². The Balaban J connectivity index is 0.672. The molecule has 570 valence electrons. The normalized spacial score (nSPS) is 21.7. The first-order valence-electron chi connectivity index (χ1n) is 37.9. The SMILES string of the molecule is Cc1c(-c2ccc(N3CCc4cccc(CNc5nc6ccccc6s5)c4C3)nc2C(=O)O)cnn1CC12CC3(C)CC(C)(CC(CCCN(C(=O)OCc4ccc(NC(=O)[C@H](CCCCNC(N)=O)NC(=O)[C@@H](NC(=O)CCCCCN5C(=O)C=CC5=O)C(C)C)cc4)C4CCN(CC(=O)O)CC4)(C3)C1)C2. The van der Waals surface area contributed by atoms with Crippen molar-refractivity contribution in [3.05, 3.63) is 131 Å². The lowest BCUT2D eigenvalue weighted by Crippen LogP contribution is -2.60. The Morgan fingerprint density at radius 1 is 0.776 bits per heavy atom. The maximum absolute atomic E-state index is 14.6. The van der Waals surface area contributed by atoms with Crippen LogP contribution in [0.1, 0.15) is 175 Å². The number of nitrogens with one attached hydrogen (secondary N) is 5. The van der Waals surface area contributed by atoms with E-state index in [1.54, 1.807) is 49.4 Å². The Morgan fingerprint density at radius 2 is 1.51 bits per heavy atom. The number of hydrogen-bond acceptors (Lipinski definition) is 17. The highest BCUT2D eigenvalue weighted by molar-refractivity contribution is 7.22. The van der Waals surface area contributed by atoms with Gasteiger partial charge in [0.2, 0.25) is 17.7 Å². The highest BCUT2D eigenvalue weighted by atomic mass is 32.1. The Kier molecular flexibility index (Phi) is 23.8. The maximum Gasteiger partial charge on any atom is 0.410 e. The monoisotopic (exact) mass is 1480 g/mol. The number of fused-ring (bicyclic) bond motifs is 2. The average Bonchev–Trinajstić information content (AvgIpc) is 0.771. The summed E-state index contributed by atoms with van der Waals surface area (Å²) < 4.78 is 9.38. The van der Waals surface area contributed by atoms with Gasteiger partial charge in [0, 0.05) is 106 Å². The molecule has 6 heterocycles. The number of ether oxygens (including phenoxy) is 1. The van der Waals surface area contributed by atoms with E-state index in [1.165, 1.54) is 23.3 Å². The number of aliphatic carboxylic acids is 1. The molecule has 4 aliphatic carbocycles. The zero-order valence-corrected chi connectivity index (χ0v) is 62.9. The number of carbonyl (C=O) groups is 9. The van der Waals surface area contributed by atoms with Crippen LogP contribution in [-0.2, 0) is 66.2 Å². The lowest BCUT2D eigenvalue weighted by atomic mass is 9.35. The lowest BCUT2D eigenvalue weighted by molar-refractivity contribution is -0.198. The minimum atomic E-state index is -1.10. The number of benzene rings is 3. The van der Waals surface area contributed by atoms with Gasteiger partial charge in [0.1, 0.15) is 24.5 Å². The zero-order chi connectivity index (χ0) is 75.8. The number of anilines is 3. The number of piperidine rings is 1. The molecule has 0 spiro atoms. The fourth-order valence-electron chi connectivity index (χ4n) is 19.1. The van der Waals surface area contributed by atoms with Crippen LogP contribution in [0.25, 0.3) is 21.3 Å². The van der Waals surface area contributed by atoms with E-state index in [-0.39, 0.29) is 96.1 Å². The van der Waals surface area contributed by atoms with Crippen LogP contribution in [0.5, 0.6) is 0 Å². The molecular formula is C80H102N14O12S. The molecule has 0 radical (unpaired) electrons. The number of carbonyl (C=O) groups excluding carboxylic acids is 7. The smallest absolute Gasteiger partial charge is 0.410 e.